The van der Waals surface area contributed by atoms with Gasteiger partial charge in [-0.3, -0.25) is 9.59 Å². The summed E-state index contributed by atoms with van der Waals surface area (Å²) in [4.78, 5) is 23.7. The Balaban J connectivity index is 1.70. The van der Waals surface area contributed by atoms with Gasteiger partial charge in [0.25, 0.3) is 5.91 Å². The standard InChI is InChI=1S/C18H27N3O2/c1-18(2,3)15-6-4-14(5-7-15)17(23)20-9-8-16(22)21-12-13-10-19-11-13/h4-7,13,19H,8-12H2,1-3H3,(H,20,23)(H,21,22). The van der Waals surface area contributed by atoms with Gasteiger partial charge in [-0.1, -0.05) is 32.9 Å². The maximum absolute atomic E-state index is 12.1. The van der Waals surface area contributed by atoms with Crippen LogP contribution < -0.4 is 16.0 Å². The second-order valence-corrected chi connectivity index (χ2v) is 7.16. The first-order valence-electron chi connectivity index (χ1n) is 8.22. The molecule has 2 amide bonds. The van der Waals surface area contributed by atoms with Crippen LogP contribution in [0.25, 0.3) is 0 Å². The van der Waals surface area contributed by atoms with Gasteiger partial charge in [0.1, 0.15) is 0 Å². The third kappa shape index (κ3) is 5.36. The highest BCUT2D eigenvalue weighted by Crippen LogP contribution is 2.22. The number of nitrogens with one attached hydrogen (secondary N) is 3. The van der Waals surface area contributed by atoms with Crippen LogP contribution in [0.5, 0.6) is 0 Å². The highest BCUT2D eigenvalue weighted by molar-refractivity contribution is 5.94. The number of hydrogen-bond donors (Lipinski definition) is 3. The summed E-state index contributed by atoms with van der Waals surface area (Å²) < 4.78 is 0. The van der Waals surface area contributed by atoms with Crippen LogP contribution in [0.3, 0.4) is 0 Å². The number of hydrogen-bond acceptors (Lipinski definition) is 3. The Labute approximate surface area is 138 Å². The molecular formula is C18H27N3O2. The summed E-state index contributed by atoms with van der Waals surface area (Å²) >= 11 is 0. The molecule has 0 saturated carbocycles. The lowest BCUT2D eigenvalue weighted by molar-refractivity contribution is -0.121. The van der Waals surface area contributed by atoms with Crippen LogP contribution in [-0.4, -0.2) is 38.0 Å². The molecule has 0 radical (unpaired) electrons. The Bertz CT molecular complexity index is 542. The van der Waals surface area contributed by atoms with Gasteiger partial charge in [-0.05, 0) is 23.1 Å². The summed E-state index contributed by atoms with van der Waals surface area (Å²) in [5.41, 5.74) is 1.89. The maximum Gasteiger partial charge on any atom is 0.251 e. The van der Waals surface area contributed by atoms with Gasteiger partial charge in [-0.25, -0.2) is 0 Å². The van der Waals surface area contributed by atoms with E-state index in [0.29, 0.717) is 31.0 Å². The number of benzene rings is 1. The molecule has 1 saturated heterocycles. The Hall–Kier alpha value is -1.88. The number of amides is 2. The van der Waals surface area contributed by atoms with Gasteiger partial charge in [0.05, 0.1) is 0 Å². The zero-order chi connectivity index (χ0) is 16.9. The molecule has 0 aromatic heterocycles. The van der Waals surface area contributed by atoms with Gasteiger partial charge in [-0.2, -0.15) is 0 Å². The summed E-state index contributed by atoms with van der Waals surface area (Å²) in [7, 11) is 0. The summed E-state index contributed by atoms with van der Waals surface area (Å²) in [5, 5.41) is 8.85. The van der Waals surface area contributed by atoms with E-state index >= 15 is 0 Å². The molecular weight excluding hydrogens is 290 g/mol. The lowest BCUT2D eigenvalue weighted by atomic mass is 9.87. The van der Waals surface area contributed by atoms with E-state index in [4.69, 9.17) is 0 Å². The average molecular weight is 317 g/mol. The SMILES string of the molecule is CC(C)(C)c1ccc(C(=O)NCCC(=O)NCC2CNC2)cc1. The third-order valence-corrected chi connectivity index (χ3v) is 4.10. The smallest absolute Gasteiger partial charge is 0.251 e. The van der Waals surface area contributed by atoms with Gasteiger partial charge in [0.2, 0.25) is 5.91 Å². The van der Waals surface area contributed by atoms with Crippen molar-refractivity contribution in [1.82, 2.24) is 16.0 Å². The van der Waals surface area contributed by atoms with Gasteiger partial charge < -0.3 is 16.0 Å². The molecule has 1 fully saturated rings. The maximum atomic E-state index is 12.1. The van der Waals surface area contributed by atoms with Crippen LogP contribution in [0.2, 0.25) is 0 Å². The normalized spacial score (nSPS) is 14.9. The zero-order valence-electron chi connectivity index (χ0n) is 14.2. The Morgan fingerprint density at radius 2 is 1.78 bits per heavy atom. The third-order valence-electron chi connectivity index (χ3n) is 4.10. The summed E-state index contributed by atoms with van der Waals surface area (Å²) in [5.74, 6) is 0.400. The van der Waals surface area contributed by atoms with Crippen LogP contribution in [0.1, 0.15) is 43.1 Å². The van der Waals surface area contributed by atoms with E-state index in [1.807, 2.05) is 24.3 Å². The van der Waals surface area contributed by atoms with Gasteiger partial charge in [-0.15, -0.1) is 0 Å². The molecule has 0 unspecified atom stereocenters. The van der Waals surface area contributed by atoms with E-state index in [2.05, 4.69) is 36.7 Å². The molecule has 0 atom stereocenters. The predicted molar refractivity (Wildman–Crippen MR) is 91.5 cm³/mol. The van der Waals surface area contributed by atoms with Gasteiger partial charge in [0, 0.05) is 44.1 Å². The fourth-order valence-corrected chi connectivity index (χ4v) is 2.35. The second-order valence-electron chi connectivity index (χ2n) is 7.16. The lowest BCUT2D eigenvalue weighted by Gasteiger charge is -2.27. The summed E-state index contributed by atoms with van der Waals surface area (Å²) in [6, 6.07) is 7.63. The van der Waals surface area contributed by atoms with Crippen molar-refractivity contribution in [3.63, 3.8) is 0 Å². The molecule has 1 heterocycles. The largest absolute Gasteiger partial charge is 0.356 e. The first-order chi connectivity index (χ1) is 10.9. The van der Waals surface area contributed by atoms with Crippen molar-refractivity contribution < 1.29 is 9.59 Å². The van der Waals surface area contributed by atoms with E-state index in [0.717, 1.165) is 13.1 Å². The van der Waals surface area contributed by atoms with E-state index in [-0.39, 0.29) is 17.2 Å². The molecule has 1 aromatic rings. The van der Waals surface area contributed by atoms with E-state index in [1.54, 1.807) is 0 Å². The van der Waals surface area contributed by atoms with Crippen LogP contribution in [0, 0.1) is 5.92 Å². The Morgan fingerprint density at radius 1 is 1.13 bits per heavy atom. The van der Waals surface area contributed by atoms with Crippen molar-refractivity contribution in [3.8, 4) is 0 Å². The molecule has 2 rings (SSSR count). The quantitative estimate of drug-likeness (QED) is 0.743. The lowest BCUT2D eigenvalue weighted by Crippen LogP contribution is -2.48. The molecule has 0 spiro atoms. The molecule has 0 aliphatic carbocycles. The topological polar surface area (TPSA) is 70.2 Å². The van der Waals surface area contributed by atoms with Crippen molar-refractivity contribution in [2.45, 2.75) is 32.6 Å². The minimum Gasteiger partial charge on any atom is -0.356 e. The number of rotatable bonds is 6. The molecule has 1 aromatic carbocycles. The van der Waals surface area contributed by atoms with Crippen LogP contribution in [0.4, 0.5) is 0 Å². The zero-order valence-corrected chi connectivity index (χ0v) is 14.2. The highest BCUT2D eigenvalue weighted by atomic mass is 16.2. The second kappa shape index (κ2) is 7.59. The van der Waals surface area contributed by atoms with Crippen molar-refractivity contribution >= 4 is 11.8 Å². The van der Waals surface area contributed by atoms with Crippen molar-refractivity contribution in [2.24, 2.45) is 5.92 Å². The van der Waals surface area contributed by atoms with E-state index < -0.39 is 0 Å². The minimum absolute atomic E-state index is 0.0136. The molecule has 1 aliphatic heterocycles. The highest BCUT2D eigenvalue weighted by Gasteiger charge is 2.17. The fourth-order valence-electron chi connectivity index (χ4n) is 2.35. The van der Waals surface area contributed by atoms with E-state index in [1.165, 1.54) is 5.56 Å². The van der Waals surface area contributed by atoms with Crippen molar-refractivity contribution in [1.29, 1.82) is 0 Å². The van der Waals surface area contributed by atoms with E-state index in [9.17, 15) is 9.59 Å². The van der Waals surface area contributed by atoms with Gasteiger partial charge in [0.15, 0.2) is 0 Å². The molecule has 23 heavy (non-hydrogen) atoms. The van der Waals surface area contributed by atoms with Crippen molar-refractivity contribution in [3.05, 3.63) is 35.4 Å². The van der Waals surface area contributed by atoms with Crippen molar-refractivity contribution in [2.75, 3.05) is 26.2 Å². The molecule has 5 nitrogen and oxygen atoms in total. The molecule has 0 bridgehead atoms. The molecule has 126 valence electrons. The van der Waals surface area contributed by atoms with Crippen LogP contribution in [-0.2, 0) is 10.2 Å². The predicted octanol–water partition coefficient (Wildman–Crippen LogP) is 1.44. The number of carbonyl (C=O) groups excluding carboxylic acids is 2. The average Bonchev–Trinajstić information content (AvgIpc) is 2.44. The van der Waals surface area contributed by atoms with Crippen LogP contribution in [0.15, 0.2) is 24.3 Å². The molecule has 1 aliphatic rings. The molecule has 5 heteroatoms. The minimum atomic E-state index is -0.138. The number of carbonyl (C=O) groups is 2. The van der Waals surface area contributed by atoms with Crippen LogP contribution >= 0.6 is 0 Å². The monoisotopic (exact) mass is 317 g/mol. The Morgan fingerprint density at radius 3 is 2.30 bits per heavy atom. The Kier molecular flexibility index (Phi) is 5.77. The summed E-state index contributed by atoms with van der Waals surface area (Å²) in [6.07, 6.45) is 0.311. The first-order valence-corrected chi connectivity index (χ1v) is 8.22. The molecule has 3 N–H and O–H groups in total. The first kappa shape index (κ1) is 17.5. The summed E-state index contributed by atoms with van der Waals surface area (Å²) in [6.45, 7) is 9.44. The van der Waals surface area contributed by atoms with Gasteiger partial charge >= 0.3 is 0 Å². The fraction of sp³-hybridized carbons (Fsp3) is 0.556.